The van der Waals surface area contributed by atoms with E-state index in [4.69, 9.17) is 8.92 Å². The standard InChI is InChI=1S/C32H32FNO5S2/c1-40-30-20-23(33)9-14-28(30)29-13-8-22-19-26(39-41(2,36)37)12-15-27(22)31(29)32(35)21-6-10-25(11-7-21)38-18-16-24-5-3-4-17-34-24/h6-15,19-20,24,34H,3-5,16-18H2,1-2H3. The molecule has 41 heavy (non-hydrogen) atoms. The number of fused-ring (bicyclic) bond motifs is 1. The van der Waals surface area contributed by atoms with E-state index < -0.39 is 10.1 Å². The van der Waals surface area contributed by atoms with E-state index in [0.717, 1.165) is 24.8 Å². The Balaban J connectivity index is 1.50. The first-order valence-electron chi connectivity index (χ1n) is 13.5. The first-order valence-corrected chi connectivity index (χ1v) is 16.6. The lowest BCUT2D eigenvalue weighted by Gasteiger charge is -2.23. The van der Waals surface area contributed by atoms with Gasteiger partial charge in [-0.3, -0.25) is 4.79 Å². The molecule has 1 fully saturated rings. The molecule has 6 nitrogen and oxygen atoms in total. The van der Waals surface area contributed by atoms with E-state index in [1.54, 1.807) is 42.5 Å². The van der Waals surface area contributed by atoms with Crippen molar-refractivity contribution in [3.05, 3.63) is 89.7 Å². The highest BCUT2D eigenvalue weighted by molar-refractivity contribution is 7.98. The molecule has 9 heteroatoms. The molecular weight excluding hydrogens is 561 g/mol. The molecule has 4 aromatic rings. The number of hydrogen-bond acceptors (Lipinski definition) is 7. The van der Waals surface area contributed by atoms with Gasteiger partial charge in [-0.05, 0) is 109 Å². The molecule has 0 amide bonds. The van der Waals surface area contributed by atoms with Crippen molar-refractivity contribution in [2.75, 3.05) is 25.7 Å². The van der Waals surface area contributed by atoms with Crippen molar-refractivity contribution in [3.63, 3.8) is 0 Å². The molecule has 1 unspecified atom stereocenters. The number of rotatable bonds is 10. The summed E-state index contributed by atoms with van der Waals surface area (Å²) in [6, 6.07) is 20.5. The fourth-order valence-electron chi connectivity index (χ4n) is 5.23. The van der Waals surface area contributed by atoms with Crippen molar-refractivity contribution in [2.24, 2.45) is 0 Å². The highest BCUT2D eigenvalue weighted by Gasteiger charge is 2.21. The summed E-state index contributed by atoms with van der Waals surface area (Å²) in [5, 5.41) is 4.79. The number of benzene rings is 4. The fraction of sp³-hybridized carbons (Fsp3) is 0.281. The van der Waals surface area contributed by atoms with Crippen molar-refractivity contribution in [1.82, 2.24) is 5.32 Å². The molecule has 214 valence electrons. The Kier molecular flexibility index (Phi) is 8.97. The Bertz CT molecular complexity index is 1670. The van der Waals surface area contributed by atoms with Crippen LogP contribution in [0.15, 0.2) is 77.7 Å². The number of halogens is 1. The van der Waals surface area contributed by atoms with Gasteiger partial charge >= 0.3 is 10.1 Å². The molecule has 4 aromatic carbocycles. The number of carbonyl (C=O) groups is 1. The topological polar surface area (TPSA) is 81.7 Å². The van der Waals surface area contributed by atoms with E-state index in [2.05, 4.69) is 5.32 Å². The summed E-state index contributed by atoms with van der Waals surface area (Å²) in [5.74, 6) is 0.282. The third-order valence-electron chi connectivity index (χ3n) is 7.18. The summed E-state index contributed by atoms with van der Waals surface area (Å²) in [7, 11) is -3.72. The predicted molar refractivity (Wildman–Crippen MR) is 162 cm³/mol. The van der Waals surface area contributed by atoms with Crippen molar-refractivity contribution >= 4 is 38.4 Å². The number of nitrogens with one attached hydrogen (secondary N) is 1. The van der Waals surface area contributed by atoms with E-state index >= 15 is 0 Å². The van der Waals surface area contributed by atoms with Gasteiger partial charge in [-0.25, -0.2) is 4.39 Å². The minimum absolute atomic E-state index is 0.155. The van der Waals surface area contributed by atoms with Crippen LogP contribution in [-0.4, -0.2) is 45.9 Å². The number of carbonyl (C=O) groups excluding carboxylic acids is 1. The molecule has 1 saturated heterocycles. The second kappa shape index (κ2) is 12.6. The first-order chi connectivity index (χ1) is 19.7. The quantitative estimate of drug-likeness (QED) is 0.122. The monoisotopic (exact) mass is 593 g/mol. The van der Waals surface area contributed by atoms with Gasteiger partial charge in [0.2, 0.25) is 0 Å². The van der Waals surface area contributed by atoms with Crippen LogP contribution >= 0.6 is 11.8 Å². The molecule has 1 N–H and O–H groups in total. The van der Waals surface area contributed by atoms with Gasteiger partial charge in [0.05, 0.1) is 12.9 Å². The van der Waals surface area contributed by atoms with Crippen LogP contribution < -0.4 is 14.2 Å². The van der Waals surface area contributed by atoms with Crippen LogP contribution in [0.1, 0.15) is 41.6 Å². The summed E-state index contributed by atoms with van der Waals surface area (Å²) in [4.78, 5) is 14.8. The Morgan fingerprint density at radius 2 is 1.73 bits per heavy atom. The van der Waals surface area contributed by atoms with Gasteiger partial charge in [0.15, 0.2) is 5.78 Å². The van der Waals surface area contributed by atoms with Crippen LogP contribution in [0.2, 0.25) is 0 Å². The van der Waals surface area contributed by atoms with E-state index in [1.807, 2.05) is 18.4 Å². The zero-order valence-corrected chi connectivity index (χ0v) is 24.6. The van der Waals surface area contributed by atoms with Gasteiger partial charge in [-0.2, -0.15) is 8.42 Å². The highest BCUT2D eigenvalue weighted by atomic mass is 32.2. The average Bonchev–Trinajstić information content (AvgIpc) is 2.96. The molecule has 0 aliphatic carbocycles. The molecule has 1 heterocycles. The number of piperidine rings is 1. The van der Waals surface area contributed by atoms with Crippen LogP contribution in [0.25, 0.3) is 21.9 Å². The average molecular weight is 594 g/mol. The lowest BCUT2D eigenvalue weighted by molar-refractivity contribution is 0.104. The molecule has 0 bridgehead atoms. The number of ether oxygens (including phenoxy) is 1. The lowest BCUT2D eigenvalue weighted by atomic mass is 9.89. The molecule has 0 saturated carbocycles. The zero-order valence-electron chi connectivity index (χ0n) is 23.0. The van der Waals surface area contributed by atoms with E-state index in [9.17, 15) is 17.6 Å². The Morgan fingerprint density at radius 3 is 2.44 bits per heavy atom. The molecule has 1 aliphatic rings. The van der Waals surface area contributed by atoms with Crippen LogP contribution in [0.3, 0.4) is 0 Å². The Morgan fingerprint density at radius 1 is 0.976 bits per heavy atom. The van der Waals surface area contributed by atoms with Gasteiger partial charge in [-0.1, -0.05) is 24.6 Å². The van der Waals surface area contributed by atoms with Gasteiger partial charge < -0.3 is 14.2 Å². The SMILES string of the molecule is CSc1cc(F)ccc1-c1ccc2cc(OS(C)(=O)=O)ccc2c1C(=O)c1ccc(OCCC2CCCCN2)cc1. The smallest absolute Gasteiger partial charge is 0.306 e. The van der Waals surface area contributed by atoms with Crippen molar-refractivity contribution in [2.45, 2.75) is 36.6 Å². The van der Waals surface area contributed by atoms with Crippen LogP contribution in [0, 0.1) is 5.82 Å². The Labute approximate surface area is 244 Å². The number of thioether (sulfide) groups is 1. The van der Waals surface area contributed by atoms with Gasteiger partial charge in [0.1, 0.15) is 17.3 Å². The normalized spacial score (nSPS) is 15.5. The van der Waals surface area contributed by atoms with Crippen LogP contribution in [-0.2, 0) is 10.1 Å². The van der Waals surface area contributed by atoms with Crippen molar-refractivity contribution < 1.29 is 26.5 Å². The van der Waals surface area contributed by atoms with Gasteiger partial charge in [-0.15, -0.1) is 11.8 Å². The molecule has 1 aliphatic heterocycles. The maximum absolute atomic E-state index is 14.1. The summed E-state index contributed by atoms with van der Waals surface area (Å²) in [5.41, 5.74) is 2.30. The third kappa shape index (κ3) is 7.09. The van der Waals surface area contributed by atoms with Crippen molar-refractivity contribution in [1.29, 1.82) is 0 Å². The highest BCUT2D eigenvalue weighted by Crippen LogP contribution is 2.38. The van der Waals surface area contributed by atoms with E-state index in [0.29, 0.717) is 50.8 Å². The molecule has 1 atom stereocenters. The lowest BCUT2D eigenvalue weighted by Crippen LogP contribution is -2.35. The summed E-state index contributed by atoms with van der Waals surface area (Å²) < 4.78 is 48.5. The van der Waals surface area contributed by atoms with E-state index in [1.165, 1.54) is 49.2 Å². The summed E-state index contributed by atoms with van der Waals surface area (Å²) in [6.07, 6.45) is 7.40. The van der Waals surface area contributed by atoms with Crippen molar-refractivity contribution in [3.8, 4) is 22.6 Å². The zero-order chi connectivity index (χ0) is 29.0. The maximum Gasteiger partial charge on any atom is 0.306 e. The maximum atomic E-state index is 14.1. The van der Waals surface area contributed by atoms with Crippen LogP contribution in [0.4, 0.5) is 4.39 Å². The van der Waals surface area contributed by atoms with Crippen LogP contribution in [0.5, 0.6) is 11.5 Å². The molecular formula is C32H32FNO5S2. The summed E-state index contributed by atoms with van der Waals surface area (Å²) >= 11 is 1.40. The molecule has 0 spiro atoms. The minimum Gasteiger partial charge on any atom is -0.494 e. The molecule has 5 rings (SSSR count). The molecule has 0 aromatic heterocycles. The Hall–Kier alpha value is -3.40. The largest absolute Gasteiger partial charge is 0.494 e. The molecule has 0 radical (unpaired) electrons. The first kappa shape index (κ1) is 29.1. The second-order valence-electron chi connectivity index (χ2n) is 10.1. The second-order valence-corrected chi connectivity index (χ2v) is 12.6. The number of hydrogen-bond donors (Lipinski definition) is 1. The number of ketones is 1. The van der Waals surface area contributed by atoms with E-state index in [-0.39, 0.29) is 17.3 Å². The third-order valence-corrected chi connectivity index (χ3v) is 8.46. The van der Waals surface area contributed by atoms with Gasteiger partial charge in [0, 0.05) is 22.1 Å². The van der Waals surface area contributed by atoms with Gasteiger partial charge in [0.25, 0.3) is 0 Å². The minimum atomic E-state index is -3.72. The predicted octanol–water partition coefficient (Wildman–Crippen LogP) is 6.85. The fourth-order valence-corrected chi connectivity index (χ4v) is 6.31. The summed E-state index contributed by atoms with van der Waals surface area (Å²) in [6.45, 7) is 1.65.